The molecule has 0 aromatic carbocycles. The Morgan fingerprint density at radius 1 is 1.38 bits per heavy atom. The van der Waals surface area contributed by atoms with E-state index in [9.17, 15) is 4.79 Å². The fourth-order valence-corrected chi connectivity index (χ4v) is 3.06. The Morgan fingerprint density at radius 2 is 2.00 bits per heavy atom. The maximum atomic E-state index is 12.2. The van der Waals surface area contributed by atoms with Gasteiger partial charge in [-0.25, -0.2) is 0 Å². The van der Waals surface area contributed by atoms with Gasteiger partial charge < -0.3 is 10.6 Å². The van der Waals surface area contributed by atoms with Crippen LogP contribution < -0.4 is 5.73 Å². The zero-order valence-corrected chi connectivity index (χ0v) is 10.5. The molecule has 1 amide bonds. The number of amides is 1. The summed E-state index contributed by atoms with van der Waals surface area (Å²) in [5.74, 6) is 1.80. The SMILES string of the molecule is CC1CC1C(=O)N(C)C1CCCCC1CN. The van der Waals surface area contributed by atoms with Crippen molar-refractivity contribution in [2.24, 2.45) is 23.5 Å². The summed E-state index contributed by atoms with van der Waals surface area (Å²) in [4.78, 5) is 14.2. The van der Waals surface area contributed by atoms with E-state index in [4.69, 9.17) is 5.73 Å². The number of hydrogen-bond donors (Lipinski definition) is 1. The maximum Gasteiger partial charge on any atom is 0.225 e. The number of carbonyl (C=O) groups is 1. The Labute approximate surface area is 98.4 Å². The summed E-state index contributed by atoms with van der Waals surface area (Å²) in [5, 5.41) is 0. The summed E-state index contributed by atoms with van der Waals surface area (Å²) in [7, 11) is 1.98. The Balaban J connectivity index is 1.96. The number of carbonyl (C=O) groups excluding carboxylic acids is 1. The van der Waals surface area contributed by atoms with Crippen molar-refractivity contribution in [1.29, 1.82) is 0 Å². The van der Waals surface area contributed by atoms with Crippen molar-refractivity contribution in [3.8, 4) is 0 Å². The molecule has 3 heteroatoms. The van der Waals surface area contributed by atoms with E-state index in [1.54, 1.807) is 0 Å². The molecule has 0 aromatic rings. The summed E-state index contributed by atoms with van der Waals surface area (Å²) < 4.78 is 0. The second-order valence-electron chi connectivity index (χ2n) is 5.62. The minimum absolute atomic E-state index is 0.311. The van der Waals surface area contributed by atoms with Gasteiger partial charge in [-0.3, -0.25) is 4.79 Å². The van der Waals surface area contributed by atoms with Gasteiger partial charge in [0.1, 0.15) is 0 Å². The lowest BCUT2D eigenvalue weighted by molar-refractivity contribution is -0.135. The van der Waals surface area contributed by atoms with Crippen LogP contribution >= 0.6 is 0 Å². The molecule has 0 saturated heterocycles. The van der Waals surface area contributed by atoms with E-state index >= 15 is 0 Å². The van der Waals surface area contributed by atoms with Gasteiger partial charge in [-0.1, -0.05) is 19.8 Å². The first-order chi connectivity index (χ1) is 7.65. The van der Waals surface area contributed by atoms with Crippen LogP contribution in [0.3, 0.4) is 0 Å². The van der Waals surface area contributed by atoms with Crippen molar-refractivity contribution in [2.45, 2.75) is 45.1 Å². The third kappa shape index (κ3) is 2.24. The quantitative estimate of drug-likeness (QED) is 0.792. The first-order valence-electron chi connectivity index (χ1n) is 6.62. The van der Waals surface area contributed by atoms with Gasteiger partial charge in [0.2, 0.25) is 5.91 Å². The summed E-state index contributed by atoms with van der Waals surface area (Å²) in [6.07, 6.45) is 5.95. The highest BCUT2D eigenvalue weighted by Crippen LogP contribution is 2.40. The molecule has 0 aliphatic heterocycles. The van der Waals surface area contributed by atoms with Crippen LogP contribution in [-0.2, 0) is 4.79 Å². The van der Waals surface area contributed by atoms with Crippen molar-refractivity contribution < 1.29 is 4.79 Å². The first-order valence-corrected chi connectivity index (χ1v) is 6.62. The molecule has 16 heavy (non-hydrogen) atoms. The summed E-state index contributed by atoms with van der Waals surface area (Å²) >= 11 is 0. The maximum absolute atomic E-state index is 12.2. The predicted octanol–water partition coefficient (Wildman–Crippen LogP) is 1.62. The zero-order chi connectivity index (χ0) is 11.7. The smallest absolute Gasteiger partial charge is 0.225 e. The molecule has 0 radical (unpaired) electrons. The lowest BCUT2D eigenvalue weighted by Crippen LogP contribution is -2.46. The normalized spacial score (nSPS) is 38.2. The van der Waals surface area contributed by atoms with Crippen molar-refractivity contribution >= 4 is 5.91 Å². The minimum atomic E-state index is 0.311. The van der Waals surface area contributed by atoms with E-state index in [2.05, 4.69) is 6.92 Å². The Bertz CT molecular complexity index is 267. The molecule has 3 nitrogen and oxygen atoms in total. The average Bonchev–Trinajstić information content (AvgIpc) is 3.04. The molecule has 0 aromatic heterocycles. The van der Waals surface area contributed by atoms with Gasteiger partial charge >= 0.3 is 0 Å². The van der Waals surface area contributed by atoms with Crippen molar-refractivity contribution in [3.63, 3.8) is 0 Å². The van der Waals surface area contributed by atoms with Crippen LogP contribution in [0.15, 0.2) is 0 Å². The van der Waals surface area contributed by atoms with Crippen LogP contribution in [0.25, 0.3) is 0 Å². The number of nitrogens with two attached hydrogens (primary N) is 1. The van der Waals surface area contributed by atoms with Crippen LogP contribution in [0.4, 0.5) is 0 Å². The lowest BCUT2D eigenvalue weighted by atomic mass is 9.83. The highest BCUT2D eigenvalue weighted by molar-refractivity contribution is 5.81. The first kappa shape index (κ1) is 11.9. The third-order valence-corrected chi connectivity index (χ3v) is 4.44. The minimum Gasteiger partial charge on any atom is -0.342 e. The second-order valence-corrected chi connectivity index (χ2v) is 5.62. The second kappa shape index (κ2) is 4.74. The number of nitrogens with zero attached hydrogens (tertiary/aromatic N) is 1. The van der Waals surface area contributed by atoms with E-state index in [1.165, 1.54) is 19.3 Å². The predicted molar refractivity (Wildman–Crippen MR) is 64.8 cm³/mol. The number of hydrogen-bond acceptors (Lipinski definition) is 2. The van der Waals surface area contributed by atoms with E-state index in [1.807, 2.05) is 11.9 Å². The van der Waals surface area contributed by atoms with Gasteiger partial charge in [-0.05, 0) is 37.6 Å². The molecular formula is C13H24N2O. The van der Waals surface area contributed by atoms with Crippen LogP contribution in [0, 0.1) is 17.8 Å². The Kier molecular flexibility index (Phi) is 3.53. The largest absolute Gasteiger partial charge is 0.342 e. The Morgan fingerprint density at radius 3 is 2.56 bits per heavy atom. The molecule has 0 spiro atoms. The van der Waals surface area contributed by atoms with Crippen molar-refractivity contribution in [1.82, 2.24) is 4.90 Å². The fourth-order valence-electron chi connectivity index (χ4n) is 3.06. The van der Waals surface area contributed by atoms with E-state index < -0.39 is 0 Å². The van der Waals surface area contributed by atoms with E-state index in [-0.39, 0.29) is 0 Å². The average molecular weight is 224 g/mol. The van der Waals surface area contributed by atoms with Crippen molar-refractivity contribution in [2.75, 3.05) is 13.6 Å². The lowest BCUT2D eigenvalue weighted by Gasteiger charge is -2.37. The molecule has 4 atom stereocenters. The standard InChI is InChI=1S/C13H24N2O/c1-9-7-11(9)13(16)15(2)12-6-4-3-5-10(12)8-14/h9-12H,3-8,14H2,1-2H3. The number of rotatable bonds is 3. The molecule has 4 unspecified atom stereocenters. The third-order valence-electron chi connectivity index (χ3n) is 4.44. The monoisotopic (exact) mass is 224 g/mol. The molecule has 2 saturated carbocycles. The fraction of sp³-hybridized carbons (Fsp3) is 0.923. The highest BCUT2D eigenvalue weighted by Gasteiger charge is 2.43. The van der Waals surface area contributed by atoms with E-state index in [0.29, 0.717) is 29.7 Å². The molecule has 2 N–H and O–H groups in total. The summed E-state index contributed by atoms with van der Waals surface area (Å²) in [6, 6.07) is 0.402. The molecule has 0 heterocycles. The molecule has 0 bridgehead atoms. The topological polar surface area (TPSA) is 46.3 Å². The Hall–Kier alpha value is -0.570. The zero-order valence-electron chi connectivity index (χ0n) is 10.5. The highest BCUT2D eigenvalue weighted by atomic mass is 16.2. The van der Waals surface area contributed by atoms with Crippen molar-refractivity contribution in [3.05, 3.63) is 0 Å². The summed E-state index contributed by atoms with van der Waals surface area (Å²) in [5.41, 5.74) is 5.81. The van der Waals surface area contributed by atoms with Gasteiger partial charge in [0.05, 0.1) is 0 Å². The molecule has 2 aliphatic rings. The molecule has 92 valence electrons. The van der Waals surface area contributed by atoms with Crippen LogP contribution in [0.1, 0.15) is 39.0 Å². The van der Waals surface area contributed by atoms with Gasteiger partial charge in [-0.15, -0.1) is 0 Å². The van der Waals surface area contributed by atoms with Crippen LogP contribution in [-0.4, -0.2) is 30.4 Å². The van der Waals surface area contributed by atoms with Gasteiger partial charge in [0.15, 0.2) is 0 Å². The molecule has 2 fully saturated rings. The molecule has 2 rings (SSSR count). The summed E-state index contributed by atoms with van der Waals surface area (Å²) in [6.45, 7) is 2.89. The van der Waals surface area contributed by atoms with Gasteiger partial charge in [-0.2, -0.15) is 0 Å². The molecule has 2 aliphatic carbocycles. The van der Waals surface area contributed by atoms with E-state index in [0.717, 1.165) is 19.4 Å². The molecular weight excluding hydrogens is 200 g/mol. The van der Waals surface area contributed by atoms with Gasteiger partial charge in [0, 0.05) is 19.0 Å². The van der Waals surface area contributed by atoms with Crippen LogP contribution in [0.2, 0.25) is 0 Å². The van der Waals surface area contributed by atoms with Crippen LogP contribution in [0.5, 0.6) is 0 Å². The van der Waals surface area contributed by atoms with Gasteiger partial charge in [0.25, 0.3) is 0 Å².